The van der Waals surface area contributed by atoms with E-state index in [9.17, 15) is 4.79 Å². The highest BCUT2D eigenvalue weighted by molar-refractivity contribution is 5.72. The van der Waals surface area contributed by atoms with Crippen molar-refractivity contribution in [1.82, 2.24) is 19.3 Å². The Labute approximate surface area is 85.1 Å². The molecule has 2 aromatic rings. The van der Waals surface area contributed by atoms with E-state index in [1.54, 1.807) is 28.8 Å². The van der Waals surface area contributed by atoms with Crippen molar-refractivity contribution in [2.24, 2.45) is 7.05 Å². The maximum Gasteiger partial charge on any atom is 0.264 e. The molecule has 0 aromatic carbocycles. The van der Waals surface area contributed by atoms with Gasteiger partial charge in [0.15, 0.2) is 5.65 Å². The third kappa shape index (κ3) is 1.33. The van der Waals surface area contributed by atoms with E-state index in [0.717, 1.165) is 6.61 Å². The Hall–Kier alpha value is -1.69. The molecule has 0 unspecified atom stereocenters. The summed E-state index contributed by atoms with van der Waals surface area (Å²) in [4.78, 5) is 16.1. The van der Waals surface area contributed by atoms with Crippen LogP contribution in [0.15, 0.2) is 17.3 Å². The average molecular weight is 206 g/mol. The molecule has 0 aliphatic carbocycles. The molecule has 0 bridgehead atoms. The Morgan fingerprint density at radius 1 is 1.67 bits per heavy atom. The highest BCUT2D eigenvalue weighted by Crippen LogP contribution is 2.11. The summed E-state index contributed by atoms with van der Waals surface area (Å²) in [7, 11) is 1.77. The molecule has 0 N–H and O–H groups in total. The molecule has 15 heavy (non-hydrogen) atoms. The third-order valence-corrected chi connectivity index (χ3v) is 2.52. The summed E-state index contributed by atoms with van der Waals surface area (Å²) >= 11 is 0. The summed E-state index contributed by atoms with van der Waals surface area (Å²) in [5.41, 5.74) is 0.566. The number of hydrogen-bond donors (Lipinski definition) is 0. The zero-order valence-electron chi connectivity index (χ0n) is 8.25. The molecular weight excluding hydrogens is 196 g/mol. The molecule has 1 atom stereocenters. The molecule has 3 heterocycles. The van der Waals surface area contributed by atoms with E-state index in [-0.39, 0.29) is 11.7 Å². The number of rotatable bonds is 2. The minimum atomic E-state index is -0.0522. The molecule has 1 saturated heterocycles. The monoisotopic (exact) mass is 206 g/mol. The molecule has 6 heteroatoms. The van der Waals surface area contributed by atoms with Crippen LogP contribution in [0.4, 0.5) is 0 Å². The zero-order valence-corrected chi connectivity index (χ0v) is 8.25. The van der Waals surface area contributed by atoms with Crippen LogP contribution in [0.5, 0.6) is 0 Å². The van der Waals surface area contributed by atoms with Crippen LogP contribution in [0.3, 0.4) is 0 Å². The number of hydrogen-bond acceptors (Lipinski definition) is 4. The van der Waals surface area contributed by atoms with Crippen LogP contribution in [0.1, 0.15) is 0 Å². The lowest BCUT2D eigenvalue weighted by Crippen LogP contribution is -2.22. The Morgan fingerprint density at radius 3 is 3.20 bits per heavy atom. The van der Waals surface area contributed by atoms with Gasteiger partial charge in [-0.3, -0.25) is 14.0 Å². The summed E-state index contributed by atoms with van der Waals surface area (Å²) in [6, 6.07) is 0. The molecular formula is C9H10N4O2. The molecule has 0 amide bonds. The lowest BCUT2D eigenvalue weighted by molar-refractivity contribution is 0.380. The normalized spacial score (nSPS) is 19.7. The van der Waals surface area contributed by atoms with Gasteiger partial charge >= 0.3 is 0 Å². The maximum absolute atomic E-state index is 11.9. The molecule has 0 radical (unpaired) electrons. The van der Waals surface area contributed by atoms with Gasteiger partial charge < -0.3 is 4.74 Å². The second-order valence-electron chi connectivity index (χ2n) is 3.66. The summed E-state index contributed by atoms with van der Waals surface area (Å²) in [6.07, 6.45) is 3.28. The maximum atomic E-state index is 11.9. The molecule has 1 fully saturated rings. The van der Waals surface area contributed by atoms with Gasteiger partial charge in [0.05, 0.1) is 25.5 Å². The van der Waals surface area contributed by atoms with E-state index < -0.39 is 0 Å². The topological polar surface area (TPSA) is 65.2 Å². The Kier molecular flexibility index (Phi) is 1.66. The van der Waals surface area contributed by atoms with Gasteiger partial charge in [-0.15, -0.1) is 0 Å². The summed E-state index contributed by atoms with van der Waals surface area (Å²) in [6.45, 7) is 1.31. The quantitative estimate of drug-likeness (QED) is 0.623. The highest BCUT2D eigenvalue weighted by Gasteiger charge is 2.23. The van der Waals surface area contributed by atoms with Gasteiger partial charge in [-0.25, -0.2) is 4.98 Å². The van der Waals surface area contributed by atoms with Crippen molar-refractivity contribution in [3.8, 4) is 0 Å². The largest absolute Gasteiger partial charge is 0.371 e. The molecule has 1 aliphatic heterocycles. The molecule has 2 aromatic heterocycles. The minimum absolute atomic E-state index is 0.0522. The fourth-order valence-corrected chi connectivity index (χ4v) is 1.59. The molecule has 3 rings (SSSR count). The van der Waals surface area contributed by atoms with Crippen molar-refractivity contribution in [3.05, 3.63) is 22.9 Å². The second-order valence-corrected chi connectivity index (χ2v) is 3.66. The van der Waals surface area contributed by atoms with Crippen molar-refractivity contribution in [3.63, 3.8) is 0 Å². The first-order valence-electron chi connectivity index (χ1n) is 4.74. The molecule has 6 nitrogen and oxygen atoms in total. The van der Waals surface area contributed by atoms with Gasteiger partial charge in [0.2, 0.25) is 0 Å². The molecule has 1 aliphatic rings. The van der Waals surface area contributed by atoms with Crippen LogP contribution in [-0.2, 0) is 18.3 Å². The highest BCUT2D eigenvalue weighted by atomic mass is 16.6. The van der Waals surface area contributed by atoms with E-state index >= 15 is 0 Å². The van der Waals surface area contributed by atoms with Crippen LogP contribution < -0.4 is 5.56 Å². The number of aryl methyl sites for hydroxylation is 1. The SMILES string of the molecule is Cn1ncc2c(=O)n(C[C@@H]3CO3)cnc21. The second kappa shape index (κ2) is 2.90. The summed E-state index contributed by atoms with van der Waals surface area (Å²) in [5, 5.41) is 4.56. The Balaban J connectivity index is 2.16. The lowest BCUT2D eigenvalue weighted by atomic mass is 10.4. The Morgan fingerprint density at radius 2 is 2.47 bits per heavy atom. The molecule has 78 valence electrons. The minimum Gasteiger partial charge on any atom is -0.371 e. The van der Waals surface area contributed by atoms with E-state index in [4.69, 9.17) is 4.74 Å². The number of fused-ring (bicyclic) bond motifs is 1. The van der Waals surface area contributed by atoms with Gasteiger partial charge in [-0.05, 0) is 0 Å². The van der Waals surface area contributed by atoms with Gasteiger partial charge in [0.1, 0.15) is 11.7 Å². The molecule has 0 saturated carbocycles. The fraction of sp³-hybridized carbons (Fsp3) is 0.444. The van der Waals surface area contributed by atoms with Crippen LogP contribution >= 0.6 is 0 Å². The van der Waals surface area contributed by atoms with Crippen molar-refractivity contribution in [2.45, 2.75) is 12.6 Å². The zero-order chi connectivity index (χ0) is 10.4. The number of epoxide rings is 1. The van der Waals surface area contributed by atoms with Crippen LogP contribution in [0.25, 0.3) is 11.0 Å². The van der Waals surface area contributed by atoms with E-state index in [0.29, 0.717) is 17.6 Å². The average Bonchev–Trinajstić information content (AvgIpc) is 2.95. The van der Waals surface area contributed by atoms with Gasteiger partial charge in [0, 0.05) is 7.05 Å². The van der Waals surface area contributed by atoms with Gasteiger partial charge in [-0.1, -0.05) is 0 Å². The lowest BCUT2D eigenvalue weighted by Gasteiger charge is -2.01. The van der Waals surface area contributed by atoms with Crippen LogP contribution in [0, 0.1) is 0 Å². The third-order valence-electron chi connectivity index (χ3n) is 2.52. The van der Waals surface area contributed by atoms with Gasteiger partial charge in [0.25, 0.3) is 5.56 Å². The van der Waals surface area contributed by atoms with Crippen LogP contribution in [0.2, 0.25) is 0 Å². The van der Waals surface area contributed by atoms with Gasteiger partial charge in [-0.2, -0.15) is 5.10 Å². The number of aromatic nitrogens is 4. The van der Waals surface area contributed by atoms with E-state index in [1.807, 2.05) is 0 Å². The predicted molar refractivity (Wildman–Crippen MR) is 52.5 cm³/mol. The number of ether oxygens (including phenoxy) is 1. The van der Waals surface area contributed by atoms with Crippen molar-refractivity contribution in [2.75, 3.05) is 6.61 Å². The number of nitrogens with zero attached hydrogens (tertiary/aromatic N) is 4. The smallest absolute Gasteiger partial charge is 0.264 e. The predicted octanol–water partition coefficient (Wildman–Crippen LogP) is -0.471. The standard InChI is InChI=1S/C9H10N4O2/c1-12-8-7(2-11-12)9(14)13(5-10-8)3-6-4-15-6/h2,5-6H,3-4H2,1H3/t6-/m1/s1. The summed E-state index contributed by atoms with van der Waals surface area (Å²) in [5.74, 6) is 0. The van der Waals surface area contributed by atoms with Crippen molar-refractivity contribution in [1.29, 1.82) is 0 Å². The van der Waals surface area contributed by atoms with Crippen LogP contribution in [-0.4, -0.2) is 32.0 Å². The first-order valence-corrected chi connectivity index (χ1v) is 4.74. The van der Waals surface area contributed by atoms with E-state index in [2.05, 4.69) is 10.1 Å². The van der Waals surface area contributed by atoms with E-state index in [1.165, 1.54) is 0 Å². The Bertz CT molecular complexity index is 567. The first-order chi connectivity index (χ1) is 7.25. The fourth-order valence-electron chi connectivity index (χ4n) is 1.59. The summed E-state index contributed by atoms with van der Waals surface area (Å²) < 4.78 is 8.24. The molecule has 0 spiro atoms. The van der Waals surface area contributed by atoms with Crippen molar-refractivity contribution >= 4 is 11.0 Å². The van der Waals surface area contributed by atoms with Crippen molar-refractivity contribution < 1.29 is 4.74 Å². The first kappa shape index (κ1) is 8.60.